The van der Waals surface area contributed by atoms with Crippen molar-refractivity contribution in [1.82, 2.24) is 0 Å². The van der Waals surface area contributed by atoms with Crippen molar-refractivity contribution < 1.29 is 17.6 Å². The van der Waals surface area contributed by atoms with Gasteiger partial charge in [0.1, 0.15) is 5.58 Å². The Labute approximate surface area is 137 Å². The maximum Gasteiger partial charge on any atom is 0.336 e. The zero-order chi connectivity index (χ0) is 17.3. The van der Waals surface area contributed by atoms with Crippen LogP contribution in [0.15, 0.2) is 68.7 Å². The van der Waals surface area contributed by atoms with Crippen LogP contribution < -0.4 is 10.3 Å². The first-order valence-electron chi connectivity index (χ1n) is 7.03. The molecule has 122 valence electrons. The first kappa shape index (κ1) is 15.9. The van der Waals surface area contributed by atoms with E-state index < -0.39 is 15.6 Å². The van der Waals surface area contributed by atoms with Gasteiger partial charge in [-0.15, -0.1) is 0 Å². The summed E-state index contributed by atoms with van der Waals surface area (Å²) in [6.45, 7) is 1.41. The maximum atomic E-state index is 12.4. The van der Waals surface area contributed by atoms with Gasteiger partial charge in [-0.2, -0.15) is 0 Å². The van der Waals surface area contributed by atoms with Crippen molar-refractivity contribution >= 4 is 32.5 Å². The molecular formula is C17H13NO5S. The monoisotopic (exact) mass is 343 g/mol. The van der Waals surface area contributed by atoms with Crippen molar-refractivity contribution in [2.75, 3.05) is 4.72 Å². The number of sulfonamides is 1. The van der Waals surface area contributed by atoms with Crippen LogP contribution in [0.4, 0.5) is 5.69 Å². The second-order valence-corrected chi connectivity index (χ2v) is 6.88. The van der Waals surface area contributed by atoms with Gasteiger partial charge in [0.05, 0.1) is 4.90 Å². The fourth-order valence-corrected chi connectivity index (χ4v) is 3.27. The van der Waals surface area contributed by atoms with E-state index in [1.807, 2.05) is 0 Å². The van der Waals surface area contributed by atoms with Crippen LogP contribution in [0.1, 0.15) is 17.3 Å². The van der Waals surface area contributed by atoms with Gasteiger partial charge in [-0.1, -0.05) is 12.1 Å². The largest absolute Gasteiger partial charge is 0.423 e. The Morgan fingerprint density at radius 2 is 1.71 bits per heavy atom. The number of hydrogen-bond donors (Lipinski definition) is 1. The number of fused-ring (bicyclic) bond motifs is 1. The number of anilines is 1. The Morgan fingerprint density at radius 1 is 1.00 bits per heavy atom. The summed E-state index contributed by atoms with van der Waals surface area (Å²) in [6, 6.07) is 13.1. The molecule has 1 aromatic heterocycles. The van der Waals surface area contributed by atoms with Crippen LogP contribution in [0.5, 0.6) is 0 Å². The average Bonchev–Trinajstić information content (AvgIpc) is 2.55. The summed E-state index contributed by atoms with van der Waals surface area (Å²) in [6.07, 6.45) is 0. The Bertz CT molecular complexity index is 1080. The first-order valence-corrected chi connectivity index (χ1v) is 8.51. The molecule has 0 aliphatic heterocycles. The normalized spacial score (nSPS) is 11.4. The van der Waals surface area contributed by atoms with E-state index in [2.05, 4.69) is 4.72 Å². The summed E-state index contributed by atoms with van der Waals surface area (Å²) in [7, 11) is -3.79. The van der Waals surface area contributed by atoms with Crippen molar-refractivity contribution in [2.45, 2.75) is 11.8 Å². The van der Waals surface area contributed by atoms with Gasteiger partial charge >= 0.3 is 5.63 Å². The highest BCUT2D eigenvalue weighted by Gasteiger charge is 2.15. The highest BCUT2D eigenvalue weighted by atomic mass is 32.2. The predicted octanol–water partition coefficient (Wildman–Crippen LogP) is 2.80. The molecule has 0 saturated heterocycles. The summed E-state index contributed by atoms with van der Waals surface area (Å²) in [5, 5.41) is 0.599. The molecule has 2 aromatic carbocycles. The summed E-state index contributed by atoms with van der Waals surface area (Å²) in [4.78, 5) is 22.5. The highest BCUT2D eigenvalue weighted by Crippen LogP contribution is 2.21. The second-order valence-electron chi connectivity index (χ2n) is 5.19. The number of nitrogens with one attached hydrogen (secondary N) is 1. The molecule has 7 heteroatoms. The minimum absolute atomic E-state index is 0.0483. The van der Waals surface area contributed by atoms with Gasteiger partial charge in [-0.25, -0.2) is 13.2 Å². The molecule has 0 spiro atoms. The number of hydrogen-bond acceptors (Lipinski definition) is 5. The highest BCUT2D eigenvalue weighted by molar-refractivity contribution is 7.92. The maximum absolute atomic E-state index is 12.4. The van der Waals surface area contributed by atoms with Crippen LogP contribution in [0.3, 0.4) is 0 Å². The zero-order valence-electron chi connectivity index (χ0n) is 12.6. The summed E-state index contributed by atoms with van der Waals surface area (Å²) in [5.41, 5.74) is 0.680. The molecule has 3 rings (SSSR count). The van der Waals surface area contributed by atoms with Crippen LogP contribution in [0.2, 0.25) is 0 Å². The quantitative estimate of drug-likeness (QED) is 0.581. The van der Waals surface area contributed by atoms with E-state index in [0.29, 0.717) is 22.2 Å². The standard InChI is InChI=1S/C17H13NO5S/c1-11(19)12-2-6-15(7-3-12)24(21,22)18-14-5-8-16-13(10-14)4-9-17(20)23-16/h2-10,18H,1H3. The minimum Gasteiger partial charge on any atom is -0.423 e. The Hall–Kier alpha value is -2.93. The Morgan fingerprint density at radius 3 is 2.38 bits per heavy atom. The van der Waals surface area contributed by atoms with Gasteiger partial charge in [0.15, 0.2) is 5.78 Å². The molecule has 3 aromatic rings. The molecule has 1 N–H and O–H groups in total. The SMILES string of the molecule is CC(=O)c1ccc(S(=O)(=O)Nc2ccc3oc(=O)ccc3c2)cc1. The second kappa shape index (κ2) is 5.93. The van der Waals surface area contributed by atoms with E-state index in [4.69, 9.17) is 4.42 Å². The number of rotatable bonds is 4. The number of Topliss-reactive ketones (excluding diaryl/α,β-unsaturated/α-hetero) is 1. The van der Waals surface area contributed by atoms with Crippen LogP contribution in [-0.4, -0.2) is 14.2 Å². The molecule has 6 nitrogen and oxygen atoms in total. The van der Waals surface area contributed by atoms with Crippen LogP contribution in [-0.2, 0) is 10.0 Å². The molecular weight excluding hydrogens is 330 g/mol. The molecule has 1 heterocycles. The summed E-state index contributed by atoms with van der Waals surface area (Å²) < 4.78 is 32.3. The lowest BCUT2D eigenvalue weighted by molar-refractivity contribution is 0.101. The van der Waals surface area contributed by atoms with Crippen LogP contribution in [0.25, 0.3) is 11.0 Å². The molecule has 24 heavy (non-hydrogen) atoms. The fraction of sp³-hybridized carbons (Fsp3) is 0.0588. The summed E-state index contributed by atoms with van der Waals surface area (Å²) >= 11 is 0. The van der Waals surface area contributed by atoms with Crippen molar-refractivity contribution in [3.05, 3.63) is 70.6 Å². The first-order chi connectivity index (χ1) is 11.3. The van der Waals surface area contributed by atoms with Crippen LogP contribution >= 0.6 is 0 Å². The molecule has 0 atom stereocenters. The van der Waals surface area contributed by atoms with E-state index >= 15 is 0 Å². The van der Waals surface area contributed by atoms with Gasteiger partial charge in [0, 0.05) is 22.7 Å². The molecule has 0 fully saturated rings. The van der Waals surface area contributed by atoms with Gasteiger partial charge in [-0.3, -0.25) is 9.52 Å². The minimum atomic E-state index is -3.79. The topological polar surface area (TPSA) is 93.4 Å². The predicted molar refractivity (Wildman–Crippen MR) is 89.7 cm³/mol. The zero-order valence-corrected chi connectivity index (χ0v) is 13.5. The lowest BCUT2D eigenvalue weighted by Crippen LogP contribution is -2.13. The van der Waals surface area contributed by atoms with E-state index in [1.165, 1.54) is 49.4 Å². The van der Waals surface area contributed by atoms with E-state index in [1.54, 1.807) is 12.1 Å². The van der Waals surface area contributed by atoms with Gasteiger partial charge in [-0.05, 0) is 43.3 Å². The summed E-state index contributed by atoms with van der Waals surface area (Å²) in [5.74, 6) is -0.136. The molecule has 0 unspecified atom stereocenters. The van der Waals surface area contributed by atoms with Crippen molar-refractivity contribution in [2.24, 2.45) is 0 Å². The van der Waals surface area contributed by atoms with Crippen molar-refractivity contribution in [3.8, 4) is 0 Å². The molecule has 0 aliphatic carbocycles. The number of carbonyl (C=O) groups excluding carboxylic acids is 1. The van der Waals surface area contributed by atoms with Crippen LogP contribution in [0, 0.1) is 0 Å². The number of benzene rings is 2. The van der Waals surface area contributed by atoms with Crippen molar-refractivity contribution in [3.63, 3.8) is 0 Å². The molecule has 0 radical (unpaired) electrons. The third-order valence-electron chi connectivity index (χ3n) is 3.44. The molecule has 0 bridgehead atoms. The van der Waals surface area contributed by atoms with Gasteiger partial charge in [0.2, 0.25) is 0 Å². The number of carbonyl (C=O) groups is 1. The third-order valence-corrected chi connectivity index (χ3v) is 4.84. The third kappa shape index (κ3) is 3.21. The molecule has 0 aliphatic rings. The van der Waals surface area contributed by atoms with E-state index in [-0.39, 0.29) is 10.7 Å². The van der Waals surface area contributed by atoms with Crippen molar-refractivity contribution in [1.29, 1.82) is 0 Å². The smallest absolute Gasteiger partial charge is 0.336 e. The Kier molecular flexibility index (Phi) is 3.94. The lowest BCUT2D eigenvalue weighted by atomic mass is 10.2. The van der Waals surface area contributed by atoms with Gasteiger partial charge < -0.3 is 4.42 Å². The Balaban J connectivity index is 1.92. The lowest BCUT2D eigenvalue weighted by Gasteiger charge is -2.09. The molecule has 0 amide bonds. The average molecular weight is 343 g/mol. The molecule has 0 saturated carbocycles. The fourth-order valence-electron chi connectivity index (χ4n) is 2.22. The van der Waals surface area contributed by atoms with E-state index in [0.717, 1.165) is 0 Å². The van der Waals surface area contributed by atoms with E-state index in [9.17, 15) is 18.0 Å². The van der Waals surface area contributed by atoms with Gasteiger partial charge in [0.25, 0.3) is 10.0 Å². The number of ketones is 1.